The third kappa shape index (κ3) is 5.80. The summed E-state index contributed by atoms with van der Waals surface area (Å²) in [5, 5.41) is 11.9. The van der Waals surface area contributed by atoms with E-state index in [1.807, 2.05) is 4.90 Å². The summed E-state index contributed by atoms with van der Waals surface area (Å²) in [6.45, 7) is 2.82. The van der Waals surface area contributed by atoms with Gasteiger partial charge in [-0.2, -0.15) is 5.10 Å². The maximum atomic E-state index is 7.00. The Labute approximate surface area is 133 Å². The average Bonchev–Trinajstić information content (AvgIpc) is 2.55. The van der Waals surface area contributed by atoms with Gasteiger partial charge in [0, 0.05) is 20.2 Å². The van der Waals surface area contributed by atoms with Gasteiger partial charge in [-0.1, -0.05) is 17.7 Å². The van der Waals surface area contributed by atoms with Crippen molar-refractivity contribution in [3.63, 3.8) is 0 Å². The highest BCUT2D eigenvalue weighted by Crippen LogP contribution is 2.04. The van der Waals surface area contributed by atoms with E-state index in [1.165, 1.54) is 0 Å². The molecule has 21 heavy (non-hydrogen) atoms. The molecule has 1 aromatic heterocycles. The zero-order chi connectivity index (χ0) is 15.7. The molecule has 116 valence electrons. The van der Waals surface area contributed by atoms with E-state index in [-0.39, 0.29) is 5.84 Å². The molecule has 0 amide bonds. The van der Waals surface area contributed by atoms with E-state index in [2.05, 4.69) is 15.5 Å². The molecule has 0 aromatic carbocycles. The standard InChI is InChI=1S/C11H14ClN5OS.CH4O/c12-9-3-1-2-8(14-9)10(13)15-16-11(19)17-4-6-18-7-5-17;1-2/h1-3H,4-7H2,(H2,13,15)(H,16,19);2H,1H3. The number of ether oxygens (including phenoxy) is 1. The highest BCUT2D eigenvalue weighted by molar-refractivity contribution is 7.80. The van der Waals surface area contributed by atoms with Crippen LogP contribution in [0.25, 0.3) is 0 Å². The summed E-state index contributed by atoms with van der Waals surface area (Å²) < 4.78 is 5.24. The van der Waals surface area contributed by atoms with Crippen molar-refractivity contribution in [3.8, 4) is 0 Å². The van der Waals surface area contributed by atoms with Crippen molar-refractivity contribution in [1.29, 1.82) is 0 Å². The van der Waals surface area contributed by atoms with E-state index in [0.29, 0.717) is 29.2 Å². The third-order valence-corrected chi connectivity index (χ3v) is 3.11. The number of pyridine rings is 1. The lowest BCUT2D eigenvalue weighted by Crippen LogP contribution is -2.45. The molecule has 1 fully saturated rings. The van der Waals surface area contributed by atoms with Crippen molar-refractivity contribution < 1.29 is 9.84 Å². The molecule has 0 radical (unpaired) electrons. The van der Waals surface area contributed by atoms with Crippen molar-refractivity contribution in [3.05, 3.63) is 29.0 Å². The number of aromatic nitrogens is 1. The van der Waals surface area contributed by atoms with Gasteiger partial charge in [0.15, 0.2) is 10.9 Å². The number of hydrogen-bond acceptors (Lipinski definition) is 5. The zero-order valence-electron chi connectivity index (χ0n) is 11.6. The third-order valence-electron chi connectivity index (χ3n) is 2.55. The predicted octanol–water partition coefficient (Wildman–Crippen LogP) is 0.171. The molecule has 0 unspecified atom stereocenters. The number of thiocarbonyl (C=S) groups is 1. The Morgan fingerprint density at radius 1 is 1.48 bits per heavy atom. The molecule has 1 aliphatic rings. The van der Waals surface area contributed by atoms with Crippen LogP contribution in [0.1, 0.15) is 5.69 Å². The Kier molecular flexibility index (Phi) is 7.91. The second kappa shape index (κ2) is 9.46. The smallest absolute Gasteiger partial charge is 0.189 e. The number of nitrogens with zero attached hydrogens (tertiary/aromatic N) is 3. The minimum atomic E-state index is 0.234. The lowest BCUT2D eigenvalue weighted by molar-refractivity contribution is 0.0677. The van der Waals surface area contributed by atoms with Gasteiger partial charge < -0.3 is 20.5 Å². The highest BCUT2D eigenvalue weighted by Gasteiger charge is 2.13. The molecule has 0 spiro atoms. The van der Waals surface area contributed by atoms with Gasteiger partial charge in [-0.3, -0.25) is 5.43 Å². The molecule has 1 saturated heterocycles. The number of halogens is 1. The zero-order valence-corrected chi connectivity index (χ0v) is 13.2. The fraction of sp³-hybridized carbons (Fsp3) is 0.417. The number of aliphatic hydroxyl groups excluding tert-OH is 1. The predicted molar refractivity (Wildman–Crippen MR) is 86.2 cm³/mol. The Hall–Kier alpha value is -1.48. The normalized spacial score (nSPS) is 15.0. The van der Waals surface area contributed by atoms with Gasteiger partial charge in [0.1, 0.15) is 10.8 Å². The molecule has 1 aromatic rings. The molecule has 0 saturated carbocycles. The van der Waals surface area contributed by atoms with E-state index in [9.17, 15) is 0 Å². The monoisotopic (exact) mass is 331 g/mol. The molecule has 9 heteroatoms. The first-order chi connectivity index (χ1) is 10.2. The Morgan fingerprint density at radius 3 is 2.76 bits per heavy atom. The fourth-order valence-corrected chi connectivity index (χ4v) is 1.95. The van der Waals surface area contributed by atoms with Crippen LogP contribution in [-0.2, 0) is 4.74 Å². The van der Waals surface area contributed by atoms with E-state index in [4.69, 9.17) is 39.4 Å². The van der Waals surface area contributed by atoms with Gasteiger partial charge in [0.25, 0.3) is 0 Å². The number of rotatable bonds is 2. The maximum Gasteiger partial charge on any atom is 0.189 e. The first-order valence-electron chi connectivity index (χ1n) is 6.20. The van der Waals surface area contributed by atoms with Gasteiger partial charge in [0.2, 0.25) is 0 Å². The van der Waals surface area contributed by atoms with Crippen LogP contribution in [0.2, 0.25) is 5.15 Å². The SMILES string of the molecule is CO.N/C(=N\NC(=S)N1CCOCC1)c1cccc(Cl)n1. The number of nitrogens with two attached hydrogens (primary N) is 1. The number of amidine groups is 1. The molecule has 2 rings (SSSR count). The average molecular weight is 332 g/mol. The van der Waals surface area contributed by atoms with Gasteiger partial charge in [-0.25, -0.2) is 4.98 Å². The second-order valence-corrected chi connectivity index (χ2v) is 4.63. The van der Waals surface area contributed by atoms with Crippen LogP contribution in [0.4, 0.5) is 0 Å². The van der Waals surface area contributed by atoms with Crippen molar-refractivity contribution >= 4 is 34.8 Å². The van der Waals surface area contributed by atoms with E-state index < -0.39 is 0 Å². The summed E-state index contributed by atoms with van der Waals surface area (Å²) in [6.07, 6.45) is 0. The topological polar surface area (TPSA) is 96.0 Å². The molecular formula is C12H18ClN5O2S. The summed E-state index contributed by atoms with van der Waals surface area (Å²) in [4.78, 5) is 6.03. The van der Waals surface area contributed by atoms with Crippen molar-refractivity contribution in [2.45, 2.75) is 0 Å². The summed E-state index contributed by atoms with van der Waals surface area (Å²) in [6, 6.07) is 5.15. The van der Waals surface area contributed by atoms with Crippen LogP contribution in [0.15, 0.2) is 23.3 Å². The quantitative estimate of drug-likeness (QED) is 0.234. The van der Waals surface area contributed by atoms with Crippen LogP contribution in [0.5, 0.6) is 0 Å². The maximum absolute atomic E-state index is 7.00. The van der Waals surface area contributed by atoms with Crippen LogP contribution < -0.4 is 11.2 Å². The minimum absolute atomic E-state index is 0.234. The van der Waals surface area contributed by atoms with Gasteiger partial charge in [0.05, 0.1) is 13.2 Å². The van der Waals surface area contributed by atoms with Crippen LogP contribution in [0.3, 0.4) is 0 Å². The number of nitrogens with one attached hydrogen (secondary N) is 1. The summed E-state index contributed by atoms with van der Waals surface area (Å²) in [5.41, 5.74) is 9.06. The molecule has 0 aliphatic carbocycles. The number of hydrogen-bond donors (Lipinski definition) is 3. The van der Waals surface area contributed by atoms with Crippen molar-refractivity contribution in [2.24, 2.45) is 10.8 Å². The van der Waals surface area contributed by atoms with E-state index in [0.717, 1.165) is 20.2 Å². The molecule has 4 N–H and O–H groups in total. The van der Waals surface area contributed by atoms with Crippen molar-refractivity contribution in [2.75, 3.05) is 33.4 Å². The van der Waals surface area contributed by atoms with Crippen LogP contribution in [-0.4, -0.2) is 59.4 Å². The molecule has 1 aliphatic heterocycles. The lowest BCUT2D eigenvalue weighted by Gasteiger charge is -2.28. The van der Waals surface area contributed by atoms with E-state index >= 15 is 0 Å². The van der Waals surface area contributed by atoms with Crippen molar-refractivity contribution in [1.82, 2.24) is 15.3 Å². The van der Waals surface area contributed by atoms with Crippen LogP contribution in [0, 0.1) is 0 Å². The molecule has 0 bridgehead atoms. The summed E-state index contributed by atoms with van der Waals surface area (Å²) >= 11 is 11.0. The Morgan fingerprint density at radius 2 is 2.14 bits per heavy atom. The number of aliphatic hydroxyl groups is 1. The van der Waals surface area contributed by atoms with Gasteiger partial charge in [-0.15, -0.1) is 0 Å². The second-order valence-electron chi connectivity index (χ2n) is 3.86. The number of morpholine rings is 1. The molecule has 2 heterocycles. The fourth-order valence-electron chi connectivity index (χ4n) is 1.55. The first kappa shape index (κ1) is 17.6. The summed E-state index contributed by atoms with van der Waals surface area (Å²) in [5.74, 6) is 0.234. The largest absolute Gasteiger partial charge is 0.400 e. The Balaban J connectivity index is 0.00000106. The van der Waals surface area contributed by atoms with E-state index in [1.54, 1.807) is 18.2 Å². The first-order valence-corrected chi connectivity index (χ1v) is 6.99. The molecule has 7 nitrogen and oxygen atoms in total. The Bertz CT molecular complexity index is 494. The highest BCUT2D eigenvalue weighted by atomic mass is 35.5. The number of hydrazone groups is 1. The summed E-state index contributed by atoms with van der Waals surface area (Å²) in [7, 11) is 1.00. The minimum Gasteiger partial charge on any atom is -0.400 e. The van der Waals surface area contributed by atoms with Crippen LogP contribution >= 0.6 is 23.8 Å². The lowest BCUT2D eigenvalue weighted by atomic mass is 10.3. The van der Waals surface area contributed by atoms with Gasteiger partial charge >= 0.3 is 0 Å². The molecular weight excluding hydrogens is 314 g/mol. The molecule has 0 atom stereocenters. The van der Waals surface area contributed by atoms with Gasteiger partial charge in [-0.05, 0) is 24.4 Å².